The molecule has 5 nitrogen and oxygen atoms in total. The molecule has 0 aliphatic carbocycles. The number of aromatic nitrogens is 2. The average Bonchev–Trinajstić information content (AvgIpc) is 2.71. The van der Waals surface area contributed by atoms with E-state index in [1.807, 2.05) is 38.1 Å². The van der Waals surface area contributed by atoms with Crippen molar-refractivity contribution in [2.45, 2.75) is 60.4 Å². The molecule has 1 amide bonds. The highest BCUT2D eigenvalue weighted by atomic mass is 35.5. The molecule has 0 aliphatic rings. The molecule has 2 atom stereocenters. The van der Waals surface area contributed by atoms with Gasteiger partial charge in [0.05, 0.1) is 22.6 Å². The first-order valence-corrected chi connectivity index (χ1v) is 11.8. The number of hydrogen-bond donors (Lipinski definition) is 0. The normalized spacial score (nSPS) is 13.7. The van der Waals surface area contributed by atoms with Gasteiger partial charge in [0.2, 0.25) is 5.91 Å². The van der Waals surface area contributed by atoms with Crippen LogP contribution in [0, 0.1) is 18.3 Å². The van der Waals surface area contributed by atoms with E-state index in [0.717, 1.165) is 17.7 Å². The van der Waals surface area contributed by atoms with Gasteiger partial charge in [0, 0.05) is 18.5 Å². The Labute approximate surface area is 201 Å². The van der Waals surface area contributed by atoms with Gasteiger partial charge in [-0.15, -0.1) is 0 Å². The standard InChI is InChI=1S/C27H34ClN3O2/c1-17-8-11-21(12-9-17)31-25(29-23-15-20(28)10-13-22(23)26(31)33)19(3)30(7)24(32)14-18(2)16-27(4,5)6/h8-13,15,18-19H,14,16H2,1-7H3. The molecule has 33 heavy (non-hydrogen) atoms. The number of carbonyl (C=O) groups excluding carboxylic acids is 1. The van der Waals surface area contributed by atoms with Gasteiger partial charge >= 0.3 is 0 Å². The van der Waals surface area contributed by atoms with Crippen LogP contribution in [0.3, 0.4) is 0 Å². The molecule has 0 radical (unpaired) electrons. The Morgan fingerprint density at radius 1 is 1.12 bits per heavy atom. The van der Waals surface area contributed by atoms with Crippen LogP contribution >= 0.6 is 11.6 Å². The molecule has 6 heteroatoms. The van der Waals surface area contributed by atoms with E-state index in [4.69, 9.17) is 16.6 Å². The second-order valence-corrected chi connectivity index (χ2v) is 10.8. The fraction of sp³-hybridized carbons (Fsp3) is 0.444. The fourth-order valence-corrected chi connectivity index (χ4v) is 4.51. The fourth-order valence-electron chi connectivity index (χ4n) is 4.35. The van der Waals surface area contributed by atoms with Crippen LogP contribution in [0.1, 0.15) is 64.9 Å². The second-order valence-electron chi connectivity index (χ2n) is 10.4. The second kappa shape index (κ2) is 9.68. The molecule has 1 heterocycles. The summed E-state index contributed by atoms with van der Waals surface area (Å²) in [6, 6.07) is 12.4. The van der Waals surface area contributed by atoms with E-state index in [-0.39, 0.29) is 22.8 Å². The van der Waals surface area contributed by atoms with Gasteiger partial charge in [0.1, 0.15) is 5.82 Å². The minimum Gasteiger partial charge on any atom is -0.336 e. The van der Waals surface area contributed by atoms with E-state index < -0.39 is 6.04 Å². The number of fused-ring (bicyclic) bond motifs is 1. The van der Waals surface area contributed by atoms with E-state index >= 15 is 0 Å². The van der Waals surface area contributed by atoms with Gasteiger partial charge in [0.15, 0.2) is 0 Å². The molecular formula is C27H34ClN3O2. The van der Waals surface area contributed by atoms with Gasteiger partial charge in [-0.25, -0.2) is 4.98 Å². The Bertz CT molecular complexity index is 1210. The topological polar surface area (TPSA) is 55.2 Å². The van der Waals surface area contributed by atoms with Crippen LogP contribution in [-0.4, -0.2) is 27.4 Å². The lowest BCUT2D eigenvalue weighted by Gasteiger charge is -2.29. The maximum Gasteiger partial charge on any atom is 0.266 e. The molecule has 3 aromatic rings. The van der Waals surface area contributed by atoms with Gasteiger partial charge in [-0.05, 0) is 61.9 Å². The predicted molar refractivity (Wildman–Crippen MR) is 136 cm³/mol. The van der Waals surface area contributed by atoms with Crippen molar-refractivity contribution in [3.63, 3.8) is 0 Å². The lowest BCUT2D eigenvalue weighted by Crippen LogP contribution is -2.35. The Hall–Kier alpha value is -2.66. The van der Waals surface area contributed by atoms with Crippen LogP contribution in [0.25, 0.3) is 16.6 Å². The summed E-state index contributed by atoms with van der Waals surface area (Å²) in [4.78, 5) is 33.2. The Balaban J connectivity index is 2.06. The molecule has 0 N–H and O–H groups in total. The molecule has 2 unspecified atom stereocenters. The Morgan fingerprint density at radius 2 is 1.76 bits per heavy atom. The molecular weight excluding hydrogens is 434 g/mol. The first kappa shape index (κ1) is 25.0. The molecule has 1 aromatic heterocycles. The number of benzene rings is 2. The molecule has 176 valence electrons. The summed E-state index contributed by atoms with van der Waals surface area (Å²) in [5.74, 6) is 0.808. The predicted octanol–water partition coefficient (Wildman–Crippen LogP) is 6.33. The molecule has 0 spiro atoms. The van der Waals surface area contributed by atoms with Gasteiger partial charge in [-0.3, -0.25) is 14.2 Å². The van der Waals surface area contributed by atoms with Crippen LogP contribution in [0.4, 0.5) is 0 Å². The zero-order chi connectivity index (χ0) is 24.5. The van der Waals surface area contributed by atoms with Crippen molar-refractivity contribution < 1.29 is 4.79 Å². The van der Waals surface area contributed by atoms with E-state index in [9.17, 15) is 9.59 Å². The molecule has 0 saturated carbocycles. The molecule has 0 saturated heterocycles. The summed E-state index contributed by atoms with van der Waals surface area (Å²) in [5, 5.41) is 1.00. The van der Waals surface area contributed by atoms with E-state index in [1.165, 1.54) is 0 Å². The maximum atomic E-state index is 13.6. The summed E-state index contributed by atoms with van der Waals surface area (Å²) in [6.07, 6.45) is 1.41. The average molecular weight is 468 g/mol. The van der Waals surface area contributed by atoms with Crippen molar-refractivity contribution in [1.29, 1.82) is 0 Å². The Morgan fingerprint density at radius 3 is 2.36 bits per heavy atom. The van der Waals surface area contributed by atoms with Crippen LogP contribution in [0.2, 0.25) is 5.02 Å². The van der Waals surface area contributed by atoms with Gasteiger partial charge in [-0.2, -0.15) is 0 Å². The van der Waals surface area contributed by atoms with E-state index in [2.05, 4.69) is 27.7 Å². The van der Waals surface area contributed by atoms with Gasteiger partial charge in [-0.1, -0.05) is 57.0 Å². The Kier molecular flexibility index (Phi) is 7.32. The highest BCUT2D eigenvalue weighted by Gasteiger charge is 2.26. The number of amides is 1. The molecule has 0 aliphatic heterocycles. The largest absolute Gasteiger partial charge is 0.336 e. The number of rotatable bonds is 6. The highest BCUT2D eigenvalue weighted by Crippen LogP contribution is 2.28. The number of carbonyl (C=O) groups is 1. The monoisotopic (exact) mass is 467 g/mol. The first-order chi connectivity index (χ1) is 15.4. The first-order valence-electron chi connectivity index (χ1n) is 11.4. The number of aryl methyl sites for hydroxylation is 1. The van der Waals surface area contributed by atoms with E-state index in [0.29, 0.717) is 28.2 Å². The van der Waals surface area contributed by atoms with E-state index in [1.54, 1.807) is 34.7 Å². The molecule has 3 rings (SSSR count). The van der Waals surface area contributed by atoms with Crippen LogP contribution in [0.15, 0.2) is 47.3 Å². The zero-order valence-corrected chi connectivity index (χ0v) is 21.4. The lowest BCUT2D eigenvalue weighted by atomic mass is 9.84. The summed E-state index contributed by atoms with van der Waals surface area (Å²) in [5.41, 5.74) is 2.33. The summed E-state index contributed by atoms with van der Waals surface area (Å²) in [7, 11) is 1.78. The van der Waals surface area contributed by atoms with Crippen molar-refractivity contribution in [2.24, 2.45) is 11.3 Å². The summed E-state index contributed by atoms with van der Waals surface area (Å²) in [6.45, 7) is 12.6. The third-order valence-corrected chi connectivity index (χ3v) is 6.22. The summed E-state index contributed by atoms with van der Waals surface area (Å²) >= 11 is 6.19. The van der Waals surface area contributed by atoms with Crippen LogP contribution < -0.4 is 5.56 Å². The number of nitrogens with zero attached hydrogens (tertiary/aromatic N) is 3. The highest BCUT2D eigenvalue weighted by molar-refractivity contribution is 6.31. The van der Waals surface area contributed by atoms with Crippen molar-refractivity contribution in [3.05, 3.63) is 69.2 Å². The zero-order valence-electron chi connectivity index (χ0n) is 20.6. The van der Waals surface area contributed by atoms with Crippen molar-refractivity contribution in [3.8, 4) is 5.69 Å². The molecule has 0 bridgehead atoms. The number of halogens is 1. The minimum atomic E-state index is -0.406. The molecule has 0 fully saturated rings. The smallest absolute Gasteiger partial charge is 0.266 e. The quantitative estimate of drug-likeness (QED) is 0.425. The van der Waals surface area contributed by atoms with Gasteiger partial charge in [0.25, 0.3) is 5.56 Å². The summed E-state index contributed by atoms with van der Waals surface area (Å²) < 4.78 is 1.61. The van der Waals surface area contributed by atoms with Gasteiger partial charge < -0.3 is 4.90 Å². The third-order valence-electron chi connectivity index (χ3n) is 5.98. The number of hydrogen-bond acceptors (Lipinski definition) is 3. The van der Waals surface area contributed by atoms with Crippen molar-refractivity contribution in [1.82, 2.24) is 14.5 Å². The minimum absolute atomic E-state index is 0.0372. The van der Waals surface area contributed by atoms with Crippen molar-refractivity contribution >= 4 is 28.4 Å². The third kappa shape index (κ3) is 5.83. The maximum absolute atomic E-state index is 13.6. The SMILES string of the molecule is Cc1ccc(-n2c(C(C)N(C)C(=O)CC(C)CC(C)(C)C)nc3cc(Cl)ccc3c2=O)cc1. The van der Waals surface area contributed by atoms with Crippen LogP contribution in [-0.2, 0) is 4.79 Å². The van der Waals surface area contributed by atoms with Crippen LogP contribution in [0.5, 0.6) is 0 Å². The van der Waals surface area contributed by atoms with Crippen molar-refractivity contribution in [2.75, 3.05) is 7.05 Å². The lowest BCUT2D eigenvalue weighted by molar-refractivity contribution is -0.133. The molecule has 2 aromatic carbocycles.